The van der Waals surface area contributed by atoms with Crippen molar-refractivity contribution in [1.29, 1.82) is 0 Å². The Bertz CT molecular complexity index is 752. The maximum absolute atomic E-state index is 12.7. The van der Waals surface area contributed by atoms with Crippen molar-refractivity contribution in [2.24, 2.45) is 0 Å². The maximum Gasteiger partial charge on any atom is 0.339 e. The van der Waals surface area contributed by atoms with Gasteiger partial charge in [-0.15, -0.1) is 11.3 Å². The highest BCUT2D eigenvalue weighted by atomic mass is 32.1. The van der Waals surface area contributed by atoms with Crippen LogP contribution in [0.25, 0.3) is 0 Å². The molecule has 0 saturated carbocycles. The minimum Gasteiger partial charge on any atom is -0.448 e. The van der Waals surface area contributed by atoms with E-state index in [2.05, 4.69) is 11.4 Å². The van der Waals surface area contributed by atoms with Gasteiger partial charge in [0.1, 0.15) is 0 Å². The van der Waals surface area contributed by atoms with E-state index in [1.165, 1.54) is 10.4 Å². The summed E-state index contributed by atoms with van der Waals surface area (Å²) in [5, 5.41) is 2.07. The molecule has 3 heterocycles. The van der Waals surface area contributed by atoms with E-state index in [4.69, 9.17) is 4.74 Å². The number of fused-ring (bicyclic) bond motifs is 2. The minimum atomic E-state index is -0.692. The second-order valence-corrected chi connectivity index (χ2v) is 6.63. The van der Waals surface area contributed by atoms with Crippen LogP contribution < -0.4 is 0 Å². The number of amides is 1. The molecule has 0 N–H and O–H groups in total. The van der Waals surface area contributed by atoms with Gasteiger partial charge in [-0.3, -0.25) is 4.79 Å². The van der Waals surface area contributed by atoms with Gasteiger partial charge in [-0.2, -0.15) is 0 Å². The van der Waals surface area contributed by atoms with E-state index >= 15 is 0 Å². The van der Waals surface area contributed by atoms with Gasteiger partial charge in [0.2, 0.25) is 0 Å². The summed E-state index contributed by atoms with van der Waals surface area (Å²) in [6.45, 7) is 1.31. The Kier molecular flexibility index (Phi) is 3.22. The molecule has 5 heteroatoms. The molecule has 0 saturated heterocycles. The van der Waals surface area contributed by atoms with Gasteiger partial charge in [0.25, 0.3) is 5.91 Å². The number of hydrogen-bond acceptors (Lipinski definition) is 4. The van der Waals surface area contributed by atoms with Crippen molar-refractivity contribution < 1.29 is 14.3 Å². The summed E-state index contributed by atoms with van der Waals surface area (Å²) in [4.78, 5) is 27.9. The summed E-state index contributed by atoms with van der Waals surface area (Å²) in [7, 11) is 0. The molecule has 0 bridgehead atoms. The van der Waals surface area contributed by atoms with Crippen LogP contribution in [0, 0.1) is 0 Å². The number of carbonyl (C=O) groups excluding carboxylic acids is 2. The number of carbonyl (C=O) groups is 2. The molecule has 0 spiro atoms. The largest absolute Gasteiger partial charge is 0.448 e. The highest BCUT2D eigenvalue weighted by Crippen LogP contribution is 2.27. The van der Waals surface area contributed by atoms with E-state index in [-0.39, 0.29) is 5.91 Å². The zero-order valence-electron chi connectivity index (χ0n) is 12.0. The van der Waals surface area contributed by atoms with Crippen LogP contribution in [0.3, 0.4) is 0 Å². The molecule has 0 unspecified atom stereocenters. The molecular weight excluding hydrogens is 298 g/mol. The topological polar surface area (TPSA) is 46.6 Å². The fourth-order valence-corrected chi connectivity index (χ4v) is 4.00. The van der Waals surface area contributed by atoms with Gasteiger partial charge in [0.05, 0.1) is 5.56 Å². The van der Waals surface area contributed by atoms with Gasteiger partial charge in [0.15, 0.2) is 6.10 Å². The maximum atomic E-state index is 12.7. The van der Waals surface area contributed by atoms with Gasteiger partial charge < -0.3 is 9.64 Å². The predicted molar refractivity (Wildman–Crippen MR) is 82.8 cm³/mol. The van der Waals surface area contributed by atoms with Crippen molar-refractivity contribution in [3.63, 3.8) is 0 Å². The van der Waals surface area contributed by atoms with Crippen LogP contribution in [0.4, 0.5) is 0 Å². The van der Waals surface area contributed by atoms with Crippen LogP contribution in [0.5, 0.6) is 0 Å². The van der Waals surface area contributed by atoms with Crippen LogP contribution in [0.15, 0.2) is 35.7 Å². The molecule has 1 aromatic heterocycles. The average molecular weight is 313 g/mol. The number of hydrogen-bond donors (Lipinski definition) is 0. The number of nitrogens with zero attached hydrogens (tertiary/aromatic N) is 1. The fraction of sp³-hybridized carbons (Fsp3) is 0.294. The van der Waals surface area contributed by atoms with Crippen LogP contribution in [-0.2, 0) is 28.9 Å². The van der Waals surface area contributed by atoms with Crippen molar-refractivity contribution in [2.75, 3.05) is 6.54 Å². The van der Waals surface area contributed by atoms with E-state index in [9.17, 15) is 9.59 Å². The van der Waals surface area contributed by atoms with E-state index in [0.29, 0.717) is 25.1 Å². The number of benzene rings is 1. The summed E-state index contributed by atoms with van der Waals surface area (Å²) >= 11 is 1.74. The summed E-state index contributed by atoms with van der Waals surface area (Å²) in [6.07, 6.45) is 0.659. The molecule has 1 aromatic carbocycles. The van der Waals surface area contributed by atoms with Crippen LogP contribution >= 0.6 is 11.3 Å². The number of cyclic esters (lactones) is 1. The molecule has 2 aliphatic rings. The number of esters is 1. The molecule has 4 rings (SSSR count). The monoisotopic (exact) mass is 313 g/mol. The molecule has 112 valence electrons. The summed E-state index contributed by atoms with van der Waals surface area (Å²) in [5.41, 5.74) is 2.68. The van der Waals surface area contributed by atoms with Crippen LogP contribution in [0.1, 0.15) is 26.4 Å². The first kappa shape index (κ1) is 13.5. The van der Waals surface area contributed by atoms with Gasteiger partial charge in [-0.05, 0) is 35.1 Å². The van der Waals surface area contributed by atoms with E-state index in [1.54, 1.807) is 22.3 Å². The molecule has 0 fully saturated rings. The lowest BCUT2D eigenvalue weighted by Crippen LogP contribution is -2.46. The summed E-state index contributed by atoms with van der Waals surface area (Å²) < 4.78 is 5.37. The van der Waals surface area contributed by atoms with E-state index in [0.717, 1.165) is 12.0 Å². The molecule has 0 aliphatic carbocycles. The SMILES string of the molecule is O=C1O[C@H](C(=O)N2CCc3sccc3C2)Cc2ccccc21. The van der Waals surface area contributed by atoms with Crippen LogP contribution in [-0.4, -0.2) is 29.4 Å². The third kappa shape index (κ3) is 2.22. The van der Waals surface area contributed by atoms with Gasteiger partial charge in [-0.1, -0.05) is 18.2 Å². The van der Waals surface area contributed by atoms with Crippen molar-refractivity contribution in [2.45, 2.75) is 25.5 Å². The van der Waals surface area contributed by atoms with Crippen molar-refractivity contribution >= 4 is 23.2 Å². The minimum absolute atomic E-state index is 0.0836. The normalized spacial score (nSPS) is 20.1. The highest BCUT2D eigenvalue weighted by molar-refractivity contribution is 7.10. The number of ether oxygens (including phenoxy) is 1. The zero-order valence-corrected chi connectivity index (χ0v) is 12.8. The Balaban J connectivity index is 1.54. The molecule has 22 heavy (non-hydrogen) atoms. The van der Waals surface area contributed by atoms with Crippen molar-refractivity contribution in [3.8, 4) is 0 Å². The first-order chi connectivity index (χ1) is 10.7. The smallest absolute Gasteiger partial charge is 0.339 e. The first-order valence-electron chi connectivity index (χ1n) is 7.35. The first-order valence-corrected chi connectivity index (χ1v) is 8.23. The molecular formula is C17H15NO3S. The van der Waals surface area contributed by atoms with Gasteiger partial charge in [-0.25, -0.2) is 4.79 Å². The highest BCUT2D eigenvalue weighted by Gasteiger charge is 2.34. The third-order valence-electron chi connectivity index (χ3n) is 4.29. The molecule has 4 nitrogen and oxygen atoms in total. The predicted octanol–water partition coefficient (Wildman–Crippen LogP) is 2.41. The Morgan fingerprint density at radius 1 is 1.23 bits per heavy atom. The van der Waals surface area contributed by atoms with Crippen molar-refractivity contribution in [1.82, 2.24) is 4.90 Å². The Labute approximate surface area is 132 Å². The lowest BCUT2D eigenvalue weighted by molar-refractivity contribution is -0.142. The third-order valence-corrected chi connectivity index (χ3v) is 5.31. The summed E-state index contributed by atoms with van der Waals surface area (Å²) in [5.74, 6) is -0.479. The standard InChI is InChI=1S/C17H15NO3S/c19-16(18-7-5-15-12(10-18)6-8-22-15)14-9-11-3-1-2-4-13(11)17(20)21-14/h1-4,6,8,14H,5,7,9-10H2/t14-/m0/s1. The zero-order chi connectivity index (χ0) is 15.1. The lowest BCUT2D eigenvalue weighted by Gasteiger charge is -2.32. The summed E-state index contributed by atoms with van der Waals surface area (Å²) in [6, 6.07) is 9.41. The van der Waals surface area contributed by atoms with E-state index < -0.39 is 12.1 Å². The van der Waals surface area contributed by atoms with E-state index in [1.807, 2.05) is 18.2 Å². The Morgan fingerprint density at radius 2 is 2.09 bits per heavy atom. The molecule has 2 aliphatic heterocycles. The molecule has 1 amide bonds. The fourth-order valence-electron chi connectivity index (χ4n) is 3.11. The lowest BCUT2D eigenvalue weighted by atomic mass is 9.97. The molecule has 1 atom stereocenters. The van der Waals surface area contributed by atoms with Crippen molar-refractivity contribution in [3.05, 3.63) is 57.3 Å². The second-order valence-electron chi connectivity index (χ2n) is 5.63. The van der Waals surface area contributed by atoms with Gasteiger partial charge >= 0.3 is 5.97 Å². The Hall–Kier alpha value is -2.14. The quantitative estimate of drug-likeness (QED) is 0.760. The number of rotatable bonds is 1. The van der Waals surface area contributed by atoms with Crippen LogP contribution in [0.2, 0.25) is 0 Å². The number of thiophene rings is 1. The molecule has 2 aromatic rings. The molecule has 0 radical (unpaired) electrons. The Morgan fingerprint density at radius 3 is 3.00 bits per heavy atom. The second kappa shape index (κ2) is 5.25. The van der Waals surface area contributed by atoms with Gasteiger partial charge in [0, 0.05) is 24.4 Å². The average Bonchev–Trinajstić information content (AvgIpc) is 3.01.